The van der Waals surface area contributed by atoms with Crippen molar-refractivity contribution in [2.45, 2.75) is 31.9 Å². The van der Waals surface area contributed by atoms with Gasteiger partial charge in [0.05, 0.1) is 24.8 Å². The molecule has 0 spiro atoms. The van der Waals surface area contributed by atoms with Crippen LogP contribution in [0.5, 0.6) is 5.75 Å². The van der Waals surface area contributed by atoms with E-state index >= 15 is 0 Å². The summed E-state index contributed by atoms with van der Waals surface area (Å²) in [4.78, 5) is 34.4. The predicted molar refractivity (Wildman–Crippen MR) is 125 cm³/mol. The standard InChI is InChI=1S/C26H29N3O5/c1-17-14-20-15-18(5-6-21(20)34-17)24(30)22-23(19-4-2-7-27-16-19)29(26(32)25(22)31)9-3-8-28-10-12-33-13-11-28/h2,4-7,15-17,23,30H,3,8-14H2,1H3/b24-22+. The van der Waals surface area contributed by atoms with Gasteiger partial charge in [-0.2, -0.15) is 0 Å². The lowest BCUT2D eigenvalue weighted by molar-refractivity contribution is -0.140. The van der Waals surface area contributed by atoms with Gasteiger partial charge in [0, 0.05) is 50.6 Å². The van der Waals surface area contributed by atoms with Crippen molar-refractivity contribution in [1.29, 1.82) is 0 Å². The Labute approximate surface area is 198 Å². The number of aliphatic hydroxyl groups is 1. The quantitative estimate of drug-likeness (QED) is 0.400. The number of hydrogen-bond donors (Lipinski definition) is 1. The zero-order valence-electron chi connectivity index (χ0n) is 19.3. The number of carbonyl (C=O) groups excluding carboxylic acids is 2. The molecule has 2 fully saturated rings. The smallest absolute Gasteiger partial charge is 0.295 e. The summed E-state index contributed by atoms with van der Waals surface area (Å²) in [6.45, 7) is 6.37. The normalized spacial score (nSPS) is 24.3. The Bertz CT molecular complexity index is 1110. The first-order valence-electron chi connectivity index (χ1n) is 11.8. The lowest BCUT2D eigenvalue weighted by Gasteiger charge is -2.29. The van der Waals surface area contributed by atoms with Crippen molar-refractivity contribution >= 4 is 17.4 Å². The van der Waals surface area contributed by atoms with Gasteiger partial charge in [-0.1, -0.05) is 6.07 Å². The number of ketones is 1. The second-order valence-corrected chi connectivity index (χ2v) is 9.04. The topological polar surface area (TPSA) is 92.2 Å². The van der Waals surface area contributed by atoms with Gasteiger partial charge >= 0.3 is 0 Å². The van der Waals surface area contributed by atoms with Gasteiger partial charge in [0.15, 0.2) is 0 Å². The van der Waals surface area contributed by atoms with Crippen LogP contribution in [-0.2, 0) is 20.7 Å². The van der Waals surface area contributed by atoms with E-state index < -0.39 is 17.7 Å². The zero-order valence-corrected chi connectivity index (χ0v) is 19.3. The van der Waals surface area contributed by atoms with Gasteiger partial charge in [-0.3, -0.25) is 19.5 Å². The van der Waals surface area contributed by atoms with Crippen molar-refractivity contribution in [1.82, 2.24) is 14.8 Å². The third-order valence-corrected chi connectivity index (χ3v) is 6.69. The highest BCUT2D eigenvalue weighted by molar-refractivity contribution is 6.46. The largest absolute Gasteiger partial charge is 0.507 e. The Balaban J connectivity index is 1.46. The van der Waals surface area contributed by atoms with Crippen LogP contribution in [0.4, 0.5) is 0 Å². The Kier molecular flexibility index (Phi) is 6.34. The molecular formula is C26H29N3O5. The number of benzene rings is 1. The maximum Gasteiger partial charge on any atom is 0.295 e. The van der Waals surface area contributed by atoms with E-state index in [1.54, 1.807) is 29.4 Å². The maximum absolute atomic E-state index is 13.2. The third kappa shape index (κ3) is 4.31. The molecule has 0 radical (unpaired) electrons. The summed E-state index contributed by atoms with van der Waals surface area (Å²) < 4.78 is 11.2. The van der Waals surface area contributed by atoms with Crippen molar-refractivity contribution in [3.63, 3.8) is 0 Å². The molecule has 2 atom stereocenters. The van der Waals surface area contributed by atoms with Crippen LogP contribution in [0.2, 0.25) is 0 Å². The molecule has 0 saturated carbocycles. The number of ether oxygens (including phenoxy) is 2. The molecule has 1 aromatic carbocycles. The number of aromatic nitrogens is 1. The lowest BCUT2D eigenvalue weighted by atomic mass is 9.95. The Hall–Kier alpha value is -3.23. The summed E-state index contributed by atoms with van der Waals surface area (Å²) in [5, 5.41) is 11.3. The van der Waals surface area contributed by atoms with Crippen LogP contribution in [0, 0.1) is 0 Å². The Morgan fingerprint density at radius 1 is 1.18 bits per heavy atom. The first-order chi connectivity index (χ1) is 16.5. The number of carbonyl (C=O) groups is 2. The number of likely N-dealkylation sites (tertiary alicyclic amines) is 1. The van der Waals surface area contributed by atoms with Crippen molar-refractivity contribution < 1.29 is 24.2 Å². The predicted octanol–water partition coefficient (Wildman–Crippen LogP) is 2.55. The van der Waals surface area contributed by atoms with Gasteiger partial charge in [0.2, 0.25) is 0 Å². The Morgan fingerprint density at radius 2 is 2.00 bits per heavy atom. The summed E-state index contributed by atoms with van der Waals surface area (Å²) in [5.41, 5.74) is 2.30. The SMILES string of the molecule is CC1Cc2cc(/C(O)=C3\C(=O)C(=O)N(CCCN4CCOCC4)C3c3cccnc3)ccc2O1. The first-order valence-corrected chi connectivity index (χ1v) is 11.8. The first kappa shape index (κ1) is 22.6. The molecule has 34 heavy (non-hydrogen) atoms. The molecule has 8 nitrogen and oxygen atoms in total. The van der Waals surface area contributed by atoms with Crippen molar-refractivity contribution in [3.8, 4) is 5.75 Å². The van der Waals surface area contributed by atoms with Gasteiger partial charge in [0.1, 0.15) is 17.6 Å². The number of morpholine rings is 1. The van der Waals surface area contributed by atoms with E-state index in [4.69, 9.17) is 9.47 Å². The number of Topliss-reactive ketones (excluding diaryl/α,β-unsaturated/α-hetero) is 1. The molecule has 8 heteroatoms. The lowest BCUT2D eigenvalue weighted by Crippen LogP contribution is -2.39. The molecule has 4 heterocycles. The molecule has 0 bridgehead atoms. The average molecular weight is 464 g/mol. The van der Waals surface area contributed by atoms with E-state index in [9.17, 15) is 14.7 Å². The van der Waals surface area contributed by atoms with Gasteiger partial charge in [-0.05, 0) is 48.7 Å². The second kappa shape index (κ2) is 9.56. The monoisotopic (exact) mass is 463 g/mol. The molecule has 1 N–H and O–H groups in total. The van der Waals surface area contributed by atoms with Crippen molar-refractivity contribution in [3.05, 3.63) is 65.0 Å². The molecule has 5 rings (SSSR count). The second-order valence-electron chi connectivity index (χ2n) is 9.04. The van der Waals surface area contributed by atoms with E-state index in [1.807, 2.05) is 25.1 Å². The molecule has 2 unspecified atom stereocenters. The van der Waals surface area contributed by atoms with E-state index in [1.165, 1.54) is 0 Å². The number of hydrogen-bond acceptors (Lipinski definition) is 7. The summed E-state index contributed by atoms with van der Waals surface area (Å²) in [5.74, 6) is -0.625. The van der Waals surface area contributed by atoms with Crippen LogP contribution in [0.25, 0.3) is 5.76 Å². The van der Waals surface area contributed by atoms with Gasteiger partial charge in [-0.25, -0.2) is 0 Å². The van der Waals surface area contributed by atoms with Crippen LogP contribution in [0.15, 0.2) is 48.3 Å². The molecule has 178 valence electrons. The molecule has 1 aromatic heterocycles. The highest BCUT2D eigenvalue weighted by atomic mass is 16.5. The highest BCUT2D eigenvalue weighted by Gasteiger charge is 2.46. The van der Waals surface area contributed by atoms with E-state index in [2.05, 4.69) is 9.88 Å². The van der Waals surface area contributed by atoms with E-state index in [-0.39, 0.29) is 17.4 Å². The molecule has 3 aliphatic rings. The van der Waals surface area contributed by atoms with Gasteiger partial charge in [0.25, 0.3) is 11.7 Å². The fourth-order valence-electron chi connectivity index (χ4n) is 5.01. The molecule has 0 aliphatic carbocycles. The van der Waals surface area contributed by atoms with Crippen LogP contribution in [0.3, 0.4) is 0 Å². The fraction of sp³-hybridized carbons (Fsp3) is 0.423. The van der Waals surface area contributed by atoms with Crippen molar-refractivity contribution in [2.75, 3.05) is 39.4 Å². The number of aliphatic hydroxyl groups excluding tert-OH is 1. The number of nitrogens with zero attached hydrogens (tertiary/aromatic N) is 3. The fourth-order valence-corrected chi connectivity index (χ4v) is 5.01. The highest BCUT2D eigenvalue weighted by Crippen LogP contribution is 2.40. The minimum absolute atomic E-state index is 0.0693. The minimum Gasteiger partial charge on any atom is -0.507 e. The summed E-state index contributed by atoms with van der Waals surface area (Å²) >= 11 is 0. The van der Waals surface area contributed by atoms with Gasteiger partial charge < -0.3 is 19.5 Å². The Morgan fingerprint density at radius 3 is 2.76 bits per heavy atom. The number of pyridine rings is 1. The zero-order chi connectivity index (χ0) is 23.7. The number of fused-ring (bicyclic) bond motifs is 1. The third-order valence-electron chi connectivity index (χ3n) is 6.69. The van der Waals surface area contributed by atoms with Crippen LogP contribution < -0.4 is 4.74 Å². The van der Waals surface area contributed by atoms with Crippen molar-refractivity contribution in [2.24, 2.45) is 0 Å². The number of rotatable bonds is 6. The number of amides is 1. The summed E-state index contributed by atoms with van der Waals surface area (Å²) in [7, 11) is 0. The minimum atomic E-state index is -0.679. The van der Waals surface area contributed by atoms with Gasteiger partial charge in [-0.15, -0.1) is 0 Å². The summed E-state index contributed by atoms with van der Waals surface area (Å²) in [6.07, 6.45) is 4.82. The van der Waals surface area contributed by atoms with Crippen LogP contribution >= 0.6 is 0 Å². The molecule has 3 aliphatic heterocycles. The maximum atomic E-state index is 13.2. The molecular weight excluding hydrogens is 434 g/mol. The molecule has 2 aromatic rings. The summed E-state index contributed by atoms with van der Waals surface area (Å²) in [6, 6.07) is 8.33. The molecule has 2 saturated heterocycles. The van der Waals surface area contributed by atoms with Crippen LogP contribution in [0.1, 0.15) is 36.1 Å². The van der Waals surface area contributed by atoms with E-state index in [0.29, 0.717) is 30.9 Å². The van der Waals surface area contributed by atoms with Crippen LogP contribution in [-0.4, -0.2) is 77.1 Å². The van der Waals surface area contributed by atoms with E-state index in [0.717, 1.165) is 43.8 Å². The molecule has 1 amide bonds. The average Bonchev–Trinajstić information content (AvgIpc) is 3.35.